The van der Waals surface area contributed by atoms with Gasteiger partial charge in [-0.05, 0) is 37.0 Å². The third-order valence-electron chi connectivity index (χ3n) is 4.04. The van der Waals surface area contributed by atoms with Gasteiger partial charge in [0, 0.05) is 24.0 Å². The Morgan fingerprint density at radius 1 is 1.12 bits per heavy atom. The van der Waals surface area contributed by atoms with Crippen molar-refractivity contribution in [3.8, 4) is 0 Å². The minimum absolute atomic E-state index is 0.00156. The molecule has 140 valence electrons. The molecule has 0 aliphatic rings. The SMILES string of the molecule is CCCNC(=O)c1csc(CN(CCC)C(=O)c2ccc(CC)cc2)n1. The largest absolute Gasteiger partial charge is 0.351 e. The molecule has 2 aromatic rings. The van der Waals surface area contributed by atoms with E-state index in [-0.39, 0.29) is 11.8 Å². The molecule has 0 radical (unpaired) electrons. The lowest BCUT2D eigenvalue weighted by molar-refractivity contribution is 0.0743. The average Bonchev–Trinajstić information content (AvgIpc) is 3.14. The van der Waals surface area contributed by atoms with Crippen LogP contribution in [0.15, 0.2) is 29.6 Å². The first-order valence-electron chi connectivity index (χ1n) is 9.19. The Morgan fingerprint density at radius 3 is 2.46 bits per heavy atom. The Hall–Kier alpha value is -2.21. The summed E-state index contributed by atoms with van der Waals surface area (Å²) in [6.07, 6.45) is 2.71. The van der Waals surface area contributed by atoms with Crippen molar-refractivity contribution in [3.63, 3.8) is 0 Å². The monoisotopic (exact) mass is 373 g/mol. The highest BCUT2D eigenvalue weighted by atomic mass is 32.1. The number of aromatic nitrogens is 1. The standard InChI is InChI=1S/C20H27N3O2S/c1-4-11-21-19(24)17-14-26-18(22-17)13-23(12-5-2)20(25)16-9-7-15(6-3)8-10-16/h7-10,14H,4-6,11-13H2,1-3H3,(H,21,24). The number of nitrogens with one attached hydrogen (secondary N) is 1. The van der Waals surface area contributed by atoms with Crippen molar-refractivity contribution in [1.29, 1.82) is 0 Å². The van der Waals surface area contributed by atoms with Gasteiger partial charge in [0.2, 0.25) is 0 Å². The minimum atomic E-state index is -0.155. The maximum atomic E-state index is 12.8. The predicted octanol–water partition coefficient (Wildman–Crippen LogP) is 3.90. The number of thiazole rings is 1. The maximum Gasteiger partial charge on any atom is 0.270 e. The zero-order valence-corrected chi connectivity index (χ0v) is 16.6. The lowest BCUT2D eigenvalue weighted by Crippen LogP contribution is -2.31. The minimum Gasteiger partial charge on any atom is -0.351 e. The van der Waals surface area contributed by atoms with E-state index in [1.54, 1.807) is 10.3 Å². The third kappa shape index (κ3) is 5.39. The summed E-state index contributed by atoms with van der Waals surface area (Å²) in [6, 6.07) is 7.76. The van der Waals surface area contributed by atoms with Gasteiger partial charge in [-0.25, -0.2) is 4.98 Å². The van der Waals surface area contributed by atoms with Crippen LogP contribution >= 0.6 is 11.3 Å². The summed E-state index contributed by atoms with van der Waals surface area (Å²) in [5, 5.41) is 5.36. The van der Waals surface area contributed by atoms with Crippen LogP contribution in [0, 0.1) is 0 Å². The summed E-state index contributed by atoms with van der Waals surface area (Å²) in [4.78, 5) is 31.0. The molecule has 0 saturated carbocycles. The molecule has 0 saturated heterocycles. The van der Waals surface area contributed by atoms with Gasteiger partial charge in [-0.15, -0.1) is 11.3 Å². The van der Waals surface area contributed by atoms with E-state index in [0.29, 0.717) is 30.9 Å². The van der Waals surface area contributed by atoms with Crippen LogP contribution in [0.25, 0.3) is 0 Å². The van der Waals surface area contributed by atoms with E-state index in [1.165, 1.54) is 16.9 Å². The first-order valence-corrected chi connectivity index (χ1v) is 10.1. The molecule has 1 aromatic carbocycles. The Morgan fingerprint density at radius 2 is 1.85 bits per heavy atom. The quantitative estimate of drug-likeness (QED) is 0.725. The zero-order chi connectivity index (χ0) is 18.9. The normalized spacial score (nSPS) is 10.6. The molecule has 1 heterocycles. The highest BCUT2D eigenvalue weighted by Gasteiger charge is 2.18. The second-order valence-electron chi connectivity index (χ2n) is 6.16. The summed E-state index contributed by atoms with van der Waals surface area (Å²) < 4.78 is 0. The molecule has 26 heavy (non-hydrogen) atoms. The van der Waals surface area contributed by atoms with Gasteiger partial charge in [-0.3, -0.25) is 9.59 Å². The van der Waals surface area contributed by atoms with Gasteiger partial charge < -0.3 is 10.2 Å². The summed E-state index contributed by atoms with van der Waals surface area (Å²) in [7, 11) is 0. The summed E-state index contributed by atoms with van der Waals surface area (Å²) in [6.45, 7) is 7.87. The van der Waals surface area contributed by atoms with Crippen LogP contribution in [0.1, 0.15) is 65.0 Å². The number of hydrogen-bond acceptors (Lipinski definition) is 4. The molecule has 0 bridgehead atoms. The molecule has 1 N–H and O–H groups in total. The fourth-order valence-corrected chi connectivity index (χ4v) is 3.36. The van der Waals surface area contributed by atoms with Crippen molar-refractivity contribution >= 4 is 23.2 Å². The van der Waals surface area contributed by atoms with Gasteiger partial charge in [0.05, 0.1) is 6.54 Å². The van der Waals surface area contributed by atoms with E-state index < -0.39 is 0 Å². The van der Waals surface area contributed by atoms with Gasteiger partial charge in [0.15, 0.2) is 0 Å². The Kier molecular flexibility index (Phi) is 7.78. The molecule has 1 aromatic heterocycles. The highest BCUT2D eigenvalue weighted by molar-refractivity contribution is 7.09. The number of amides is 2. The summed E-state index contributed by atoms with van der Waals surface area (Å²) in [5.74, 6) is -0.153. The first kappa shape index (κ1) is 20.1. The van der Waals surface area contributed by atoms with Crippen LogP contribution in [0.2, 0.25) is 0 Å². The van der Waals surface area contributed by atoms with Crippen LogP contribution in [0.5, 0.6) is 0 Å². The van der Waals surface area contributed by atoms with Crippen molar-refractivity contribution in [2.75, 3.05) is 13.1 Å². The van der Waals surface area contributed by atoms with Gasteiger partial charge in [-0.1, -0.05) is 32.9 Å². The molecule has 0 spiro atoms. The first-order chi connectivity index (χ1) is 12.6. The molecule has 2 rings (SSSR count). The van der Waals surface area contributed by atoms with Crippen molar-refractivity contribution < 1.29 is 9.59 Å². The summed E-state index contributed by atoms with van der Waals surface area (Å²) in [5.41, 5.74) is 2.33. The number of carbonyl (C=O) groups is 2. The van der Waals surface area contributed by atoms with Gasteiger partial charge in [0.25, 0.3) is 11.8 Å². The van der Waals surface area contributed by atoms with E-state index in [2.05, 4.69) is 17.2 Å². The predicted molar refractivity (Wildman–Crippen MR) is 106 cm³/mol. The molecule has 2 amide bonds. The molecule has 5 nitrogen and oxygen atoms in total. The van der Waals surface area contributed by atoms with Crippen molar-refractivity contribution in [1.82, 2.24) is 15.2 Å². The maximum absolute atomic E-state index is 12.8. The van der Waals surface area contributed by atoms with Crippen LogP contribution in [0.3, 0.4) is 0 Å². The van der Waals surface area contributed by atoms with Crippen molar-refractivity contribution in [2.24, 2.45) is 0 Å². The van der Waals surface area contributed by atoms with E-state index in [1.807, 2.05) is 38.1 Å². The topological polar surface area (TPSA) is 62.3 Å². The van der Waals surface area contributed by atoms with E-state index in [0.717, 1.165) is 24.3 Å². The number of nitrogens with zero attached hydrogens (tertiary/aromatic N) is 2. The third-order valence-corrected chi connectivity index (χ3v) is 4.87. The lowest BCUT2D eigenvalue weighted by Gasteiger charge is -2.21. The molecule has 6 heteroatoms. The van der Waals surface area contributed by atoms with E-state index in [9.17, 15) is 9.59 Å². The van der Waals surface area contributed by atoms with Crippen LogP contribution in [0.4, 0.5) is 0 Å². The average molecular weight is 374 g/mol. The van der Waals surface area contributed by atoms with E-state index >= 15 is 0 Å². The molecular formula is C20H27N3O2S. The van der Waals surface area contributed by atoms with Crippen LogP contribution in [-0.2, 0) is 13.0 Å². The Balaban J connectivity index is 2.08. The highest BCUT2D eigenvalue weighted by Crippen LogP contribution is 2.16. The molecule has 0 atom stereocenters. The van der Waals surface area contributed by atoms with Crippen LogP contribution < -0.4 is 5.32 Å². The molecule has 0 aliphatic carbocycles. The molecule has 0 unspecified atom stereocenters. The second-order valence-corrected chi connectivity index (χ2v) is 7.10. The number of hydrogen-bond donors (Lipinski definition) is 1. The van der Waals surface area contributed by atoms with Crippen molar-refractivity contribution in [2.45, 2.75) is 46.6 Å². The molecule has 0 aliphatic heterocycles. The van der Waals surface area contributed by atoms with Gasteiger partial charge in [-0.2, -0.15) is 0 Å². The number of benzene rings is 1. The molecular weight excluding hydrogens is 346 g/mol. The van der Waals surface area contributed by atoms with E-state index in [4.69, 9.17) is 0 Å². The molecule has 0 fully saturated rings. The zero-order valence-electron chi connectivity index (χ0n) is 15.7. The van der Waals surface area contributed by atoms with Crippen molar-refractivity contribution in [3.05, 3.63) is 51.5 Å². The lowest BCUT2D eigenvalue weighted by atomic mass is 10.1. The Labute approximate surface area is 159 Å². The van der Waals surface area contributed by atoms with Crippen LogP contribution in [-0.4, -0.2) is 34.8 Å². The number of aryl methyl sites for hydroxylation is 1. The van der Waals surface area contributed by atoms with Gasteiger partial charge in [0.1, 0.15) is 10.7 Å². The fourth-order valence-electron chi connectivity index (χ4n) is 2.57. The fraction of sp³-hybridized carbons (Fsp3) is 0.450. The Bertz CT molecular complexity index is 725. The number of rotatable bonds is 9. The smallest absolute Gasteiger partial charge is 0.270 e. The second kappa shape index (κ2) is 10.1. The summed E-state index contributed by atoms with van der Waals surface area (Å²) >= 11 is 1.42. The number of carbonyl (C=O) groups excluding carboxylic acids is 2. The van der Waals surface area contributed by atoms with Gasteiger partial charge >= 0.3 is 0 Å².